The first kappa shape index (κ1) is 13.2. The van der Waals surface area contributed by atoms with E-state index in [0.29, 0.717) is 25.1 Å². The van der Waals surface area contributed by atoms with Gasteiger partial charge in [0, 0.05) is 18.5 Å². The summed E-state index contributed by atoms with van der Waals surface area (Å²) in [5.41, 5.74) is 0.250. The van der Waals surface area contributed by atoms with Crippen LogP contribution in [0.4, 0.5) is 8.78 Å². The number of benzene rings is 1. The predicted molar refractivity (Wildman–Crippen MR) is 63.6 cm³/mol. The van der Waals surface area contributed by atoms with Crippen molar-refractivity contribution in [1.82, 2.24) is 5.32 Å². The average molecular weight is 257 g/mol. The maximum Gasteiger partial charge on any atom is 0.162 e. The lowest BCUT2D eigenvalue weighted by atomic mass is 9.89. The van der Waals surface area contributed by atoms with Gasteiger partial charge in [0.25, 0.3) is 0 Å². The summed E-state index contributed by atoms with van der Waals surface area (Å²) in [6, 6.07) is 2.51. The Morgan fingerprint density at radius 3 is 2.89 bits per heavy atom. The average Bonchev–Trinajstić information content (AvgIpc) is 2.37. The van der Waals surface area contributed by atoms with E-state index < -0.39 is 17.7 Å². The van der Waals surface area contributed by atoms with Crippen LogP contribution in [0, 0.1) is 17.6 Å². The molecule has 3 nitrogen and oxygen atoms in total. The molecular weight excluding hydrogens is 240 g/mol. The first-order valence-corrected chi connectivity index (χ1v) is 6.02. The molecule has 1 aliphatic rings. The van der Waals surface area contributed by atoms with Crippen molar-refractivity contribution in [3.05, 3.63) is 29.3 Å². The molecule has 0 aromatic heterocycles. The van der Waals surface area contributed by atoms with Gasteiger partial charge in [-0.3, -0.25) is 0 Å². The van der Waals surface area contributed by atoms with Crippen LogP contribution in [-0.2, 0) is 6.42 Å². The molecule has 1 aromatic carbocycles. The number of methoxy groups -OCH3 is 1. The number of aliphatic hydroxyl groups excluding tert-OH is 1. The molecule has 0 aliphatic carbocycles. The topological polar surface area (TPSA) is 41.5 Å². The third-order valence-electron chi connectivity index (χ3n) is 3.36. The Morgan fingerprint density at radius 1 is 1.44 bits per heavy atom. The van der Waals surface area contributed by atoms with Gasteiger partial charge in [-0.2, -0.15) is 0 Å². The molecule has 1 aromatic rings. The minimum atomic E-state index is -0.914. The second-order valence-corrected chi connectivity index (χ2v) is 4.61. The summed E-state index contributed by atoms with van der Waals surface area (Å²) in [5, 5.41) is 13.0. The van der Waals surface area contributed by atoms with Crippen LogP contribution in [0.5, 0.6) is 5.75 Å². The van der Waals surface area contributed by atoms with Gasteiger partial charge in [-0.25, -0.2) is 8.78 Å². The number of ether oxygens (including phenoxy) is 1. The van der Waals surface area contributed by atoms with E-state index >= 15 is 0 Å². The summed E-state index contributed by atoms with van der Waals surface area (Å²) in [4.78, 5) is 0. The molecule has 18 heavy (non-hydrogen) atoms. The van der Waals surface area contributed by atoms with E-state index in [1.807, 2.05) is 0 Å². The van der Waals surface area contributed by atoms with Crippen LogP contribution in [0.3, 0.4) is 0 Å². The number of hydrogen-bond acceptors (Lipinski definition) is 3. The fraction of sp³-hybridized carbons (Fsp3) is 0.538. The summed E-state index contributed by atoms with van der Waals surface area (Å²) in [7, 11) is 1.41. The van der Waals surface area contributed by atoms with Gasteiger partial charge in [-0.1, -0.05) is 0 Å². The van der Waals surface area contributed by atoms with Crippen molar-refractivity contribution in [2.45, 2.75) is 18.9 Å². The SMILES string of the molecule is COc1cc(F)c(F)c(CC2CNCCC2O)c1. The van der Waals surface area contributed by atoms with Gasteiger partial charge in [-0.15, -0.1) is 0 Å². The van der Waals surface area contributed by atoms with Gasteiger partial charge >= 0.3 is 0 Å². The van der Waals surface area contributed by atoms with E-state index in [4.69, 9.17) is 4.74 Å². The number of hydrogen-bond donors (Lipinski definition) is 2. The van der Waals surface area contributed by atoms with Gasteiger partial charge in [0.15, 0.2) is 11.6 Å². The van der Waals surface area contributed by atoms with Crippen LogP contribution in [-0.4, -0.2) is 31.4 Å². The van der Waals surface area contributed by atoms with Crippen molar-refractivity contribution in [3.8, 4) is 5.75 Å². The highest BCUT2D eigenvalue weighted by molar-refractivity contribution is 5.31. The fourth-order valence-corrected chi connectivity index (χ4v) is 2.28. The van der Waals surface area contributed by atoms with E-state index in [9.17, 15) is 13.9 Å². The van der Waals surface area contributed by atoms with Crippen LogP contribution in [0.15, 0.2) is 12.1 Å². The van der Waals surface area contributed by atoms with Gasteiger partial charge in [0.2, 0.25) is 0 Å². The molecule has 100 valence electrons. The summed E-state index contributed by atoms with van der Waals surface area (Å²) < 4.78 is 31.9. The smallest absolute Gasteiger partial charge is 0.162 e. The maximum atomic E-state index is 13.7. The molecule has 2 atom stereocenters. The van der Waals surface area contributed by atoms with Gasteiger partial charge in [0.05, 0.1) is 13.2 Å². The van der Waals surface area contributed by atoms with Crippen molar-refractivity contribution >= 4 is 0 Å². The Labute approximate surface area is 105 Å². The quantitative estimate of drug-likeness (QED) is 0.862. The fourth-order valence-electron chi connectivity index (χ4n) is 2.28. The summed E-state index contributed by atoms with van der Waals surface area (Å²) in [6.45, 7) is 1.37. The summed E-state index contributed by atoms with van der Waals surface area (Å²) in [6.07, 6.45) is 0.465. The Balaban J connectivity index is 2.19. The normalized spacial score (nSPS) is 24.0. The number of halogens is 2. The molecule has 0 saturated carbocycles. The standard InChI is InChI=1S/C13H17F2NO2/c1-18-10-5-8(13(15)11(14)6-10)4-9-7-16-3-2-12(9)17/h5-6,9,12,16-17H,2-4,7H2,1H3. The second kappa shape index (κ2) is 5.63. The highest BCUT2D eigenvalue weighted by atomic mass is 19.2. The van der Waals surface area contributed by atoms with Crippen molar-refractivity contribution in [2.75, 3.05) is 20.2 Å². The zero-order valence-electron chi connectivity index (χ0n) is 10.2. The molecule has 1 fully saturated rings. The van der Waals surface area contributed by atoms with Crippen molar-refractivity contribution in [3.63, 3.8) is 0 Å². The molecule has 1 heterocycles. The lowest BCUT2D eigenvalue weighted by Crippen LogP contribution is -2.41. The van der Waals surface area contributed by atoms with Gasteiger partial charge in [0.1, 0.15) is 5.75 Å². The minimum absolute atomic E-state index is 0.0974. The third-order valence-corrected chi connectivity index (χ3v) is 3.36. The number of piperidine rings is 1. The second-order valence-electron chi connectivity index (χ2n) is 4.61. The van der Waals surface area contributed by atoms with Crippen LogP contribution >= 0.6 is 0 Å². The molecule has 2 unspecified atom stereocenters. The van der Waals surface area contributed by atoms with E-state index in [-0.39, 0.29) is 11.5 Å². The van der Waals surface area contributed by atoms with Gasteiger partial charge < -0.3 is 15.2 Å². The first-order chi connectivity index (χ1) is 8.61. The Morgan fingerprint density at radius 2 is 2.22 bits per heavy atom. The first-order valence-electron chi connectivity index (χ1n) is 6.02. The Bertz CT molecular complexity index is 426. The third kappa shape index (κ3) is 2.79. The van der Waals surface area contributed by atoms with Crippen LogP contribution in [0.2, 0.25) is 0 Å². The van der Waals surface area contributed by atoms with Crippen LogP contribution in [0.25, 0.3) is 0 Å². The molecule has 0 radical (unpaired) electrons. The number of aliphatic hydroxyl groups is 1. The van der Waals surface area contributed by atoms with Gasteiger partial charge in [-0.05, 0) is 31.0 Å². The molecule has 0 bridgehead atoms. The van der Waals surface area contributed by atoms with Crippen molar-refractivity contribution in [1.29, 1.82) is 0 Å². The molecule has 2 N–H and O–H groups in total. The Kier molecular flexibility index (Phi) is 4.14. The molecule has 1 aliphatic heterocycles. The monoisotopic (exact) mass is 257 g/mol. The molecular formula is C13H17F2NO2. The minimum Gasteiger partial charge on any atom is -0.497 e. The van der Waals surface area contributed by atoms with Crippen LogP contribution < -0.4 is 10.1 Å². The molecule has 1 saturated heterocycles. The highest BCUT2D eigenvalue weighted by Crippen LogP contribution is 2.25. The van der Waals surface area contributed by atoms with E-state index in [1.165, 1.54) is 13.2 Å². The summed E-state index contributed by atoms with van der Waals surface area (Å²) in [5.74, 6) is -1.57. The highest BCUT2D eigenvalue weighted by Gasteiger charge is 2.25. The molecule has 2 rings (SSSR count). The predicted octanol–water partition coefficient (Wildman–Crippen LogP) is 1.49. The van der Waals surface area contributed by atoms with E-state index in [2.05, 4.69) is 5.32 Å². The molecule has 0 amide bonds. The molecule has 0 spiro atoms. The maximum absolute atomic E-state index is 13.7. The lowest BCUT2D eigenvalue weighted by molar-refractivity contribution is 0.0786. The van der Waals surface area contributed by atoms with Crippen molar-refractivity contribution in [2.24, 2.45) is 5.92 Å². The molecule has 5 heteroatoms. The van der Waals surface area contributed by atoms with E-state index in [0.717, 1.165) is 12.6 Å². The Hall–Kier alpha value is -1.20. The van der Waals surface area contributed by atoms with E-state index in [1.54, 1.807) is 0 Å². The lowest BCUT2D eigenvalue weighted by Gasteiger charge is -2.28. The number of nitrogens with one attached hydrogen (secondary N) is 1. The summed E-state index contributed by atoms with van der Waals surface area (Å²) >= 11 is 0. The largest absolute Gasteiger partial charge is 0.497 e. The van der Waals surface area contributed by atoms with Crippen molar-refractivity contribution < 1.29 is 18.6 Å². The van der Waals surface area contributed by atoms with Crippen LogP contribution in [0.1, 0.15) is 12.0 Å². The zero-order valence-corrected chi connectivity index (χ0v) is 10.2. The zero-order chi connectivity index (χ0) is 13.1. The number of rotatable bonds is 3.